The van der Waals surface area contributed by atoms with Crippen LogP contribution in [0.5, 0.6) is 0 Å². The van der Waals surface area contributed by atoms with Gasteiger partial charge in [-0.15, -0.1) is 0 Å². The van der Waals surface area contributed by atoms with Gasteiger partial charge in [0.15, 0.2) is 0 Å². The highest BCUT2D eigenvalue weighted by Gasteiger charge is 2.21. The summed E-state index contributed by atoms with van der Waals surface area (Å²) in [4.78, 5) is 0. The van der Waals surface area contributed by atoms with E-state index in [1.54, 1.807) is 18.8 Å². The van der Waals surface area contributed by atoms with Crippen molar-refractivity contribution >= 4 is 21.8 Å². The second-order valence-electron chi connectivity index (χ2n) is 2.93. The van der Waals surface area contributed by atoms with E-state index < -0.39 is 10.0 Å². The average molecular weight is 226 g/mol. The zero-order valence-corrected chi connectivity index (χ0v) is 9.99. The highest BCUT2D eigenvalue weighted by molar-refractivity contribution is 7.98. The Kier molecular flexibility index (Phi) is 5.95. The molecule has 0 aromatic carbocycles. The first kappa shape index (κ1) is 13.2. The van der Waals surface area contributed by atoms with Crippen LogP contribution in [0.4, 0.5) is 0 Å². The molecule has 0 aliphatic heterocycles. The maximum absolute atomic E-state index is 11.5. The maximum Gasteiger partial charge on any atom is 0.215 e. The number of thioether (sulfide) groups is 1. The fraction of sp³-hybridized carbons (Fsp3) is 1.00. The molecule has 0 saturated heterocycles. The second-order valence-corrected chi connectivity index (χ2v) is 5.98. The van der Waals surface area contributed by atoms with Crippen LogP contribution in [0.15, 0.2) is 0 Å². The summed E-state index contributed by atoms with van der Waals surface area (Å²) >= 11 is 1.63. The van der Waals surface area contributed by atoms with Crippen LogP contribution in [0.1, 0.15) is 6.92 Å². The van der Waals surface area contributed by atoms with Gasteiger partial charge in [0, 0.05) is 25.4 Å². The molecular formula is C7H18N2O2S2. The summed E-state index contributed by atoms with van der Waals surface area (Å²) in [6.45, 7) is 2.07. The molecule has 0 saturated carbocycles. The zero-order chi connectivity index (χ0) is 10.5. The first-order chi connectivity index (χ1) is 5.95. The van der Waals surface area contributed by atoms with E-state index in [0.29, 0.717) is 0 Å². The standard InChI is InChI=1S/C7H18N2O2S2/c1-7(6-12-3)9(2)13(10,11)5-4-8/h7H,4-6,8H2,1-3H3. The van der Waals surface area contributed by atoms with Gasteiger partial charge in [0.1, 0.15) is 0 Å². The van der Waals surface area contributed by atoms with Gasteiger partial charge in [-0.05, 0) is 13.2 Å². The number of nitrogens with two attached hydrogens (primary N) is 1. The molecule has 13 heavy (non-hydrogen) atoms. The molecule has 0 bridgehead atoms. The largest absolute Gasteiger partial charge is 0.329 e. The molecule has 1 atom stereocenters. The van der Waals surface area contributed by atoms with Crippen LogP contribution in [0.25, 0.3) is 0 Å². The van der Waals surface area contributed by atoms with Crippen LogP contribution in [0, 0.1) is 0 Å². The van der Waals surface area contributed by atoms with E-state index in [2.05, 4.69) is 0 Å². The molecule has 0 aliphatic carbocycles. The smallest absolute Gasteiger partial charge is 0.215 e. The molecule has 0 aliphatic rings. The van der Waals surface area contributed by atoms with E-state index >= 15 is 0 Å². The molecule has 0 aromatic rings. The van der Waals surface area contributed by atoms with Crippen molar-refractivity contribution in [1.29, 1.82) is 0 Å². The molecule has 0 amide bonds. The summed E-state index contributed by atoms with van der Waals surface area (Å²) in [7, 11) is -1.53. The molecule has 6 heteroatoms. The van der Waals surface area contributed by atoms with Gasteiger partial charge in [-0.1, -0.05) is 0 Å². The second kappa shape index (κ2) is 5.85. The topological polar surface area (TPSA) is 63.4 Å². The molecule has 0 aromatic heterocycles. The Morgan fingerprint density at radius 3 is 2.46 bits per heavy atom. The summed E-state index contributed by atoms with van der Waals surface area (Å²) < 4.78 is 24.4. The molecule has 0 radical (unpaired) electrons. The fourth-order valence-electron chi connectivity index (χ4n) is 0.913. The monoisotopic (exact) mass is 226 g/mol. The van der Waals surface area contributed by atoms with Gasteiger partial charge < -0.3 is 5.73 Å². The summed E-state index contributed by atoms with van der Waals surface area (Å²) in [6.07, 6.45) is 1.96. The van der Waals surface area contributed by atoms with E-state index in [1.165, 1.54) is 4.31 Å². The van der Waals surface area contributed by atoms with Gasteiger partial charge in [-0.2, -0.15) is 11.8 Å². The lowest BCUT2D eigenvalue weighted by atomic mass is 10.4. The lowest BCUT2D eigenvalue weighted by molar-refractivity contribution is 0.415. The molecule has 2 N–H and O–H groups in total. The van der Waals surface area contributed by atoms with E-state index in [0.717, 1.165) is 5.75 Å². The van der Waals surface area contributed by atoms with Gasteiger partial charge in [0.25, 0.3) is 0 Å². The van der Waals surface area contributed by atoms with Crippen LogP contribution in [0.3, 0.4) is 0 Å². The number of hydrogen-bond donors (Lipinski definition) is 1. The molecule has 80 valence electrons. The van der Waals surface area contributed by atoms with Gasteiger partial charge >= 0.3 is 0 Å². The van der Waals surface area contributed by atoms with Crippen molar-refractivity contribution in [2.24, 2.45) is 5.73 Å². The van der Waals surface area contributed by atoms with Crippen LogP contribution < -0.4 is 5.73 Å². The Morgan fingerprint density at radius 2 is 2.08 bits per heavy atom. The van der Waals surface area contributed by atoms with E-state index in [4.69, 9.17) is 5.73 Å². The highest BCUT2D eigenvalue weighted by atomic mass is 32.2. The van der Waals surface area contributed by atoms with Crippen LogP contribution in [-0.2, 0) is 10.0 Å². The van der Waals surface area contributed by atoms with Crippen molar-refractivity contribution in [1.82, 2.24) is 4.31 Å². The highest BCUT2D eigenvalue weighted by Crippen LogP contribution is 2.08. The lowest BCUT2D eigenvalue weighted by Crippen LogP contribution is -2.39. The van der Waals surface area contributed by atoms with Crippen molar-refractivity contribution < 1.29 is 8.42 Å². The minimum Gasteiger partial charge on any atom is -0.329 e. The molecule has 0 heterocycles. The zero-order valence-electron chi connectivity index (χ0n) is 8.36. The third-order valence-corrected chi connectivity index (χ3v) is 4.65. The quantitative estimate of drug-likeness (QED) is 0.690. The predicted octanol–water partition coefficient (Wildman–Crippen LogP) is -0.0418. The molecular weight excluding hydrogens is 208 g/mol. The van der Waals surface area contributed by atoms with Gasteiger partial charge in [-0.25, -0.2) is 12.7 Å². The Labute approximate surface area is 84.9 Å². The third kappa shape index (κ3) is 4.30. The Bertz CT molecular complexity index is 229. The number of sulfonamides is 1. The Morgan fingerprint density at radius 1 is 1.54 bits per heavy atom. The fourth-order valence-corrected chi connectivity index (χ4v) is 2.92. The number of nitrogens with zero attached hydrogens (tertiary/aromatic N) is 1. The maximum atomic E-state index is 11.5. The number of rotatable bonds is 6. The van der Waals surface area contributed by atoms with Gasteiger partial charge in [-0.3, -0.25) is 0 Å². The minimum absolute atomic E-state index is 0.0300. The molecule has 4 nitrogen and oxygen atoms in total. The van der Waals surface area contributed by atoms with Gasteiger partial charge in [0.2, 0.25) is 10.0 Å². The SMILES string of the molecule is CSCC(C)N(C)S(=O)(=O)CCN. The summed E-state index contributed by atoms with van der Waals surface area (Å²) in [6, 6.07) is 0.0338. The van der Waals surface area contributed by atoms with Crippen molar-refractivity contribution in [2.75, 3.05) is 31.4 Å². The van der Waals surface area contributed by atoms with E-state index in [1.807, 2.05) is 13.2 Å². The van der Waals surface area contributed by atoms with Crippen LogP contribution >= 0.6 is 11.8 Å². The minimum atomic E-state index is -3.14. The summed E-state index contributed by atoms with van der Waals surface area (Å²) in [5.74, 6) is 0.836. The average Bonchev–Trinajstić information content (AvgIpc) is 2.03. The molecule has 0 spiro atoms. The number of hydrogen-bond acceptors (Lipinski definition) is 4. The van der Waals surface area contributed by atoms with Crippen LogP contribution in [-0.4, -0.2) is 50.1 Å². The van der Waals surface area contributed by atoms with Crippen molar-refractivity contribution in [3.8, 4) is 0 Å². The van der Waals surface area contributed by atoms with E-state index in [9.17, 15) is 8.42 Å². The molecule has 1 unspecified atom stereocenters. The van der Waals surface area contributed by atoms with Crippen molar-refractivity contribution in [2.45, 2.75) is 13.0 Å². The lowest BCUT2D eigenvalue weighted by Gasteiger charge is -2.23. The predicted molar refractivity (Wildman–Crippen MR) is 58.4 cm³/mol. The van der Waals surface area contributed by atoms with E-state index in [-0.39, 0.29) is 18.3 Å². The summed E-state index contributed by atoms with van der Waals surface area (Å²) in [5.41, 5.74) is 5.22. The summed E-state index contributed by atoms with van der Waals surface area (Å²) in [5, 5.41) is 0. The Hall–Kier alpha value is 0.220. The molecule has 0 fully saturated rings. The molecule has 0 rings (SSSR count). The Balaban J connectivity index is 4.31. The first-order valence-corrected chi connectivity index (χ1v) is 7.10. The van der Waals surface area contributed by atoms with Crippen molar-refractivity contribution in [3.63, 3.8) is 0 Å². The van der Waals surface area contributed by atoms with Crippen LogP contribution in [0.2, 0.25) is 0 Å². The normalized spacial score (nSPS) is 14.8. The first-order valence-electron chi connectivity index (χ1n) is 4.10. The van der Waals surface area contributed by atoms with Crippen molar-refractivity contribution in [3.05, 3.63) is 0 Å². The van der Waals surface area contributed by atoms with Gasteiger partial charge in [0.05, 0.1) is 5.75 Å². The third-order valence-electron chi connectivity index (χ3n) is 1.84.